The molecule has 0 aliphatic carbocycles. The molecule has 0 N–H and O–H groups in total. The summed E-state index contributed by atoms with van der Waals surface area (Å²) >= 11 is 0. The van der Waals surface area contributed by atoms with Crippen LogP contribution < -0.4 is 10.2 Å². The molecular weight excluding hydrogens is 1660 g/mol. The first-order chi connectivity index (χ1) is 66.2. The molecule has 0 saturated carbocycles. The first-order valence-electron chi connectivity index (χ1n) is 64.8. The number of carboxylic acid groups (broad SMARTS) is 2. The van der Waals surface area contributed by atoms with Crippen molar-refractivity contribution >= 4 is 20.7 Å². The van der Waals surface area contributed by atoms with Crippen molar-refractivity contribution in [2.45, 2.75) is 775 Å². The maximum atomic E-state index is 8.33. The topological polar surface area (TPSA) is 63.2 Å². The van der Waals surface area contributed by atoms with Crippen molar-refractivity contribution in [2.24, 2.45) is 0 Å². The summed E-state index contributed by atoms with van der Waals surface area (Å²) < 4.78 is 0. The van der Waals surface area contributed by atoms with E-state index in [9.17, 15) is 0 Å². The van der Waals surface area contributed by atoms with Crippen molar-refractivity contribution < 1.29 is 15.0 Å². The predicted molar refractivity (Wildman–Crippen MR) is 621 cm³/mol. The molecule has 0 spiro atoms. The third-order valence-electron chi connectivity index (χ3n) is 31.9. The summed E-state index contributed by atoms with van der Waals surface area (Å²) in [4.78, 5) is 8.33. The van der Waals surface area contributed by atoms with Crippen molar-refractivity contribution in [3.05, 3.63) is 0 Å². The molecule has 5 heteroatoms. The van der Waals surface area contributed by atoms with Crippen LogP contribution in [-0.2, 0) is 0 Å². The predicted octanol–water partition coefficient (Wildman–Crippen LogP) is 47.4. The fraction of sp³-hybridized carbons (Fsp3) is 0.992. The van der Waals surface area contributed by atoms with Gasteiger partial charge in [-0.25, -0.2) is 0 Å². The van der Waals surface area contributed by atoms with Gasteiger partial charge in [0.25, 0.3) is 0 Å². The highest BCUT2D eigenvalue weighted by molar-refractivity contribution is 7.76. The molecule has 134 heavy (non-hydrogen) atoms. The SMILES string of the molecule is CCCCCCCCCCCCCCCC[P+](CCCCCCCCCCCCCCCC)(CCCCCCCCCCCCCCCC)CCCCCCCCCCCCCCCC.CCCCCCCCCCCCCCCC[P+](CCCCCCCCCCCCCCCC)(CCCCCCCCCCCCCCCC)CCCCCCCCCCCCCCCC.O=C([O-])[O-]. The second-order valence-electron chi connectivity index (χ2n) is 45.5. The minimum Gasteiger partial charge on any atom is -0.652 e. The first-order valence-corrected chi connectivity index (χ1v) is 69.9. The lowest BCUT2D eigenvalue weighted by molar-refractivity contribution is -0.415. The molecule has 0 saturated heterocycles. The van der Waals surface area contributed by atoms with E-state index >= 15 is 0 Å². The standard InChI is InChI=1S/2C64H132P.CH2O3/c2*1-5-9-13-17-21-25-29-33-37-41-45-49-53-57-61-65(62-58-54-50-46-42-38-34-30-26-22-18-14-10-6-2,63-59-55-51-47-43-39-35-31-27-23-19-15-11-7-3)64-60-56-52-48-44-40-36-32-28-24-20-16-12-8-4;2-1(3)4/h2*5-64H2,1-4H3;(H2,2,3,4)/q2*+1;/p-2. The second-order valence-corrected chi connectivity index (χ2v) is 54.4. The van der Waals surface area contributed by atoms with Crippen molar-refractivity contribution in [3.8, 4) is 0 Å². The van der Waals surface area contributed by atoms with Gasteiger partial charge in [0.1, 0.15) is 0 Å². The average Bonchev–Trinajstić information content (AvgIpc) is 0.873. The summed E-state index contributed by atoms with van der Waals surface area (Å²) in [5, 5.41) is 16.7. The van der Waals surface area contributed by atoms with Gasteiger partial charge in [-0.3, -0.25) is 0 Å². The summed E-state index contributed by atoms with van der Waals surface area (Å²) in [5.74, 6) is 0. The van der Waals surface area contributed by atoms with E-state index in [4.69, 9.17) is 15.0 Å². The Morgan fingerprint density at radius 2 is 0.149 bits per heavy atom. The summed E-state index contributed by atoms with van der Waals surface area (Å²) in [6, 6.07) is 0. The first kappa shape index (κ1) is 138. The van der Waals surface area contributed by atoms with E-state index in [0.717, 1.165) is 0 Å². The van der Waals surface area contributed by atoms with E-state index in [2.05, 4.69) is 55.4 Å². The van der Waals surface area contributed by atoms with Gasteiger partial charge < -0.3 is 15.0 Å². The molecule has 0 rings (SSSR count). The monoisotopic (exact) mass is 1920 g/mol. The molecule has 0 aromatic rings. The average molecular weight is 1930 g/mol. The summed E-state index contributed by atoms with van der Waals surface area (Å²) in [5.41, 5.74) is 0. The van der Waals surface area contributed by atoms with Crippen LogP contribution >= 0.6 is 14.5 Å². The van der Waals surface area contributed by atoms with Gasteiger partial charge in [-0.05, 0) is 109 Å². The van der Waals surface area contributed by atoms with Gasteiger partial charge in [-0.2, -0.15) is 0 Å². The summed E-state index contributed by atoms with van der Waals surface area (Å²) in [6.45, 7) is 18.7. The molecule has 0 aliphatic heterocycles. The molecule has 0 amide bonds. The summed E-state index contributed by atoms with van der Waals surface area (Å²) in [6.07, 6.45) is 178. The molecule has 3 nitrogen and oxygen atoms in total. The molecule has 0 aromatic heterocycles. The van der Waals surface area contributed by atoms with Gasteiger partial charge in [0.2, 0.25) is 0 Å². The van der Waals surface area contributed by atoms with E-state index in [0.29, 0.717) is 0 Å². The zero-order chi connectivity index (χ0) is 97.4. The van der Waals surface area contributed by atoms with Crippen molar-refractivity contribution in [1.82, 2.24) is 0 Å². The Bertz CT molecular complexity index is 1590. The second kappa shape index (κ2) is 127. The van der Waals surface area contributed by atoms with Crippen LogP contribution in [0.15, 0.2) is 0 Å². The number of carbonyl (C=O) groups excluding carboxylic acids is 1. The van der Waals surface area contributed by atoms with Crippen molar-refractivity contribution in [2.75, 3.05) is 49.3 Å². The van der Waals surface area contributed by atoms with Gasteiger partial charge in [-0.15, -0.1) is 0 Å². The Kier molecular flexibility index (Phi) is 131. The number of rotatable bonds is 120. The highest BCUT2D eigenvalue weighted by atomic mass is 31.2. The smallest absolute Gasteiger partial charge is 0.0594 e. The van der Waals surface area contributed by atoms with Crippen LogP contribution in [0.1, 0.15) is 775 Å². The van der Waals surface area contributed by atoms with Gasteiger partial charge in [-0.1, -0.05) is 672 Å². The fourth-order valence-corrected chi connectivity index (χ4v) is 32.3. The van der Waals surface area contributed by atoms with Crippen molar-refractivity contribution in [3.63, 3.8) is 0 Å². The van der Waals surface area contributed by atoms with Crippen LogP contribution in [0.3, 0.4) is 0 Å². The lowest BCUT2D eigenvalue weighted by Crippen LogP contribution is -2.37. The Morgan fingerprint density at radius 1 is 0.104 bits per heavy atom. The van der Waals surface area contributed by atoms with Crippen LogP contribution in [0.4, 0.5) is 4.79 Å². The molecule has 0 unspecified atom stereocenters. The largest absolute Gasteiger partial charge is 0.652 e. The maximum Gasteiger partial charge on any atom is 0.0594 e. The maximum absolute atomic E-state index is 8.33. The fourth-order valence-electron chi connectivity index (χ4n) is 22.5. The normalized spacial score (nSPS) is 11.8. The highest BCUT2D eigenvalue weighted by Crippen LogP contribution is 2.63. The van der Waals surface area contributed by atoms with E-state index in [1.165, 1.54) is 668 Å². The van der Waals surface area contributed by atoms with Crippen molar-refractivity contribution in [1.29, 1.82) is 0 Å². The lowest BCUT2D eigenvalue weighted by atomic mass is 10.0. The van der Waals surface area contributed by atoms with E-state index in [1.54, 1.807) is 101 Å². The van der Waals surface area contributed by atoms with Gasteiger partial charge in [0.05, 0.1) is 49.3 Å². The Balaban J connectivity index is -0.00000246. The molecule has 0 fully saturated rings. The van der Waals surface area contributed by atoms with E-state index < -0.39 is 20.7 Å². The molecular formula is C129H264O3P2. The number of unbranched alkanes of at least 4 members (excludes halogenated alkanes) is 104. The molecule has 0 bridgehead atoms. The summed E-state index contributed by atoms with van der Waals surface area (Å²) in [7, 11) is -1.67. The van der Waals surface area contributed by atoms with Gasteiger partial charge in [0, 0.05) is 14.5 Å². The Hall–Kier alpha value is 0.130. The Labute approximate surface area is 853 Å². The third-order valence-corrected chi connectivity index (χ3v) is 42.0. The minimum absolute atomic E-state index is 0.834. The number of hydrogen-bond acceptors (Lipinski definition) is 3. The van der Waals surface area contributed by atoms with E-state index in [-0.39, 0.29) is 0 Å². The Morgan fingerprint density at radius 3 is 0.201 bits per heavy atom. The molecule has 0 radical (unpaired) electrons. The number of carbonyl (C=O) groups is 1. The van der Waals surface area contributed by atoms with E-state index in [1.807, 2.05) is 0 Å². The van der Waals surface area contributed by atoms with Gasteiger partial charge >= 0.3 is 0 Å². The van der Waals surface area contributed by atoms with Crippen LogP contribution in [0.5, 0.6) is 0 Å². The van der Waals surface area contributed by atoms with Crippen LogP contribution in [-0.4, -0.2) is 55.5 Å². The molecule has 0 heterocycles. The zero-order valence-corrected chi connectivity index (χ0v) is 97.3. The molecule has 0 atom stereocenters. The zero-order valence-electron chi connectivity index (χ0n) is 95.5. The lowest BCUT2D eigenvalue weighted by Gasteiger charge is -2.28. The quantitative estimate of drug-likeness (QED) is 0.0450. The molecule has 0 aromatic carbocycles. The van der Waals surface area contributed by atoms with Crippen LogP contribution in [0.25, 0.3) is 0 Å². The molecule has 0 aliphatic rings. The minimum atomic E-state index is -2.33. The van der Waals surface area contributed by atoms with Crippen LogP contribution in [0.2, 0.25) is 0 Å². The molecule has 808 valence electrons. The van der Waals surface area contributed by atoms with Crippen LogP contribution in [0, 0.1) is 0 Å². The third kappa shape index (κ3) is 123. The van der Waals surface area contributed by atoms with Gasteiger partial charge in [0.15, 0.2) is 0 Å². The number of hydrogen-bond donors (Lipinski definition) is 0. The highest BCUT2D eigenvalue weighted by Gasteiger charge is 2.36.